The number of hydrogen-bond acceptors (Lipinski definition) is 4. The third-order valence-electron chi connectivity index (χ3n) is 3.40. The summed E-state index contributed by atoms with van der Waals surface area (Å²) >= 11 is 3.40. The summed E-state index contributed by atoms with van der Waals surface area (Å²) in [5.41, 5.74) is 2.35. The Morgan fingerprint density at radius 1 is 1.29 bits per heavy atom. The van der Waals surface area contributed by atoms with E-state index < -0.39 is 0 Å². The Bertz CT molecular complexity index is 661. The number of ketones is 1. The minimum absolute atomic E-state index is 0. The number of Topliss-reactive ketones (excluding diaryl/α,β-unsaturated/α-hetero) is 1. The summed E-state index contributed by atoms with van der Waals surface area (Å²) in [6.45, 7) is 0. The van der Waals surface area contributed by atoms with Crippen LogP contribution in [0.15, 0.2) is 30.5 Å². The number of fused-ring (bicyclic) bond motifs is 1. The van der Waals surface area contributed by atoms with E-state index in [0.29, 0.717) is 11.5 Å². The van der Waals surface area contributed by atoms with Crippen LogP contribution in [0.5, 0.6) is 5.75 Å². The van der Waals surface area contributed by atoms with E-state index in [1.54, 1.807) is 13.3 Å². The van der Waals surface area contributed by atoms with Gasteiger partial charge in [0.15, 0.2) is 11.6 Å². The highest BCUT2D eigenvalue weighted by Gasteiger charge is 2.27. The van der Waals surface area contributed by atoms with Crippen molar-refractivity contribution in [2.75, 3.05) is 7.11 Å². The van der Waals surface area contributed by atoms with Crippen LogP contribution in [0.2, 0.25) is 0 Å². The molecule has 1 aliphatic rings. The van der Waals surface area contributed by atoms with Crippen molar-refractivity contribution in [3.05, 3.63) is 41.7 Å². The van der Waals surface area contributed by atoms with Crippen molar-refractivity contribution in [2.24, 2.45) is 0 Å². The van der Waals surface area contributed by atoms with Gasteiger partial charge in [0, 0.05) is 11.8 Å². The van der Waals surface area contributed by atoms with Crippen molar-refractivity contribution < 1.29 is 9.53 Å². The molecule has 0 fully saturated rings. The second-order valence-corrected chi connectivity index (χ2v) is 5.77. The molecule has 0 saturated carbocycles. The molecular weight excluding hydrogens is 356 g/mol. The summed E-state index contributed by atoms with van der Waals surface area (Å²) in [5, 5.41) is 0. The number of ether oxygens (including phenoxy) is 1. The number of nitrogens with zero attached hydrogens (tertiary/aromatic N) is 2. The lowest BCUT2D eigenvalue weighted by Gasteiger charge is -2.18. The number of halogens is 2. The molecule has 1 heterocycles. The molecule has 0 N–H and O–H groups in total. The van der Waals surface area contributed by atoms with Gasteiger partial charge in [-0.1, -0.05) is 15.9 Å². The second kappa shape index (κ2) is 6.54. The van der Waals surface area contributed by atoms with Crippen molar-refractivity contribution in [1.82, 2.24) is 9.97 Å². The molecule has 21 heavy (non-hydrogen) atoms. The highest BCUT2D eigenvalue weighted by atomic mass is 79.9. The fraction of sp³-hybridized carbons (Fsp3) is 0.267. The van der Waals surface area contributed by atoms with Gasteiger partial charge < -0.3 is 4.74 Å². The van der Waals surface area contributed by atoms with Crippen LogP contribution in [-0.2, 0) is 6.42 Å². The average Bonchev–Trinajstić information content (AvgIpc) is 2.51. The minimum Gasteiger partial charge on any atom is -0.497 e. The SMILES string of the molecule is COc1ccc(-c2ncc3c(n2)C(=O)C(Br)CC3)cc1.Cl. The Kier molecular flexibility index (Phi) is 4.96. The third-order valence-corrected chi connectivity index (χ3v) is 4.27. The Balaban J connectivity index is 0.00000161. The molecule has 0 radical (unpaired) electrons. The minimum atomic E-state index is -0.131. The largest absolute Gasteiger partial charge is 0.497 e. The van der Waals surface area contributed by atoms with Gasteiger partial charge in [0.25, 0.3) is 0 Å². The maximum atomic E-state index is 12.1. The van der Waals surface area contributed by atoms with E-state index in [4.69, 9.17) is 4.74 Å². The van der Waals surface area contributed by atoms with Gasteiger partial charge in [-0.15, -0.1) is 12.4 Å². The first kappa shape index (κ1) is 15.9. The number of carbonyl (C=O) groups excluding carboxylic acids is 1. The van der Waals surface area contributed by atoms with Gasteiger partial charge in [-0.3, -0.25) is 4.79 Å². The van der Waals surface area contributed by atoms with Gasteiger partial charge in [0.2, 0.25) is 0 Å². The molecule has 0 saturated heterocycles. The predicted molar refractivity (Wildman–Crippen MR) is 86.6 cm³/mol. The third kappa shape index (κ3) is 3.09. The molecule has 110 valence electrons. The van der Waals surface area contributed by atoms with Gasteiger partial charge >= 0.3 is 0 Å². The molecule has 1 aromatic heterocycles. The van der Waals surface area contributed by atoms with Crippen molar-refractivity contribution in [3.8, 4) is 17.1 Å². The molecule has 0 bridgehead atoms. The number of methoxy groups -OCH3 is 1. The maximum Gasteiger partial charge on any atom is 0.195 e. The number of alkyl halides is 1. The van der Waals surface area contributed by atoms with E-state index in [1.165, 1.54) is 0 Å². The molecule has 1 aliphatic carbocycles. The molecule has 1 aromatic carbocycles. The zero-order chi connectivity index (χ0) is 14.1. The average molecular weight is 370 g/mol. The van der Waals surface area contributed by atoms with E-state index >= 15 is 0 Å². The second-order valence-electron chi connectivity index (χ2n) is 4.67. The van der Waals surface area contributed by atoms with Crippen LogP contribution in [0.4, 0.5) is 0 Å². The monoisotopic (exact) mass is 368 g/mol. The van der Waals surface area contributed by atoms with Crippen LogP contribution in [0.1, 0.15) is 22.5 Å². The van der Waals surface area contributed by atoms with Crippen LogP contribution >= 0.6 is 28.3 Å². The van der Waals surface area contributed by atoms with E-state index in [9.17, 15) is 4.79 Å². The topological polar surface area (TPSA) is 52.1 Å². The fourth-order valence-electron chi connectivity index (χ4n) is 2.24. The van der Waals surface area contributed by atoms with Crippen LogP contribution in [-0.4, -0.2) is 27.7 Å². The van der Waals surface area contributed by atoms with Crippen molar-refractivity contribution in [3.63, 3.8) is 0 Å². The van der Waals surface area contributed by atoms with E-state index in [0.717, 1.165) is 29.7 Å². The number of aromatic nitrogens is 2. The van der Waals surface area contributed by atoms with Gasteiger partial charge in [0.05, 0.1) is 11.9 Å². The Hall–Kier alpha value is -1.46. The van der Waals surface area contributed by atoms with Crippen LogP contribution < -0.4 is 4.74 Å². The lowest BCUT2D eigenvalue weighted by atomic mass is 9.96. The number of hydrogen-bond donors (Lipinski definition) is 0. The summed E-state index contributed by atoms with van der Waals surface area (Å²) in [7, 11) is 1.62. The van der Waals surface area contributed by atoms with Crippen molar-refractivity contribution in [2.45, 2.75) is 17.7 Å². The lowest BCUT2D eigenvalue weighted by molar-refractivity contribution is 0.0976. The van der Waals surface area contributed by atoms with Crippen LogP contribution in [0.25, 0.3) is 11.4 Å². The van der Waals surface area contributed by atoms with E-state index in [-0.39, 0.29) is 23.0 Å². The summed E-state index contributed by atoms with van der Waals surface area (Å²) < 4.78 is 5.13. The normalized spacial score (nSPS) is 16.9. The zero-order valence-electron chi connectivity index (χ0n) is 11.4. The Morgan fingerprint density at radius 3 is 2.67 bits per heavy atom. The van der Waals surface area contributed by atoms with E-state index in [2.05, 4.69) is 25.9 Å². The summed E-state index contributed by atoms with van der Waals surface area (Å²) in [6, 6.07) is 7.49. The number of carbonyl (C=O) groups is 1. The maximum absolute atomic E-state index is 12.1. The standard InChI is InChI=1S/C15H13BrN2O2.ClH/c1-20-11-5-2-9(3-6-11)15-17-8-10-4-7-12(16)14(19)13(10)18-15;/h2-3,5-6,8,12H,4,7H2,1H3;1H. The molecule has 0 aliphatic heterocycles. The molecule has 4 nitrogen and oxygen atoms in total. The molecule has 2 aromatic rings. The van der Waals surface area contributed by atoms with Gasteiger partial charge in [-0.05, 0) is 42.7 Å². The van der Waals surface area contributed by atoms with Crippen molar-refractivity contribution >= 4 is 34.1 Å². The van der Waals surface area contributed by atoms with Gasteiger partial charge in [-0.2, -0.15) is 0 Å². The Labute approximate surface area is 137 Å². The van der Waals surface area contributed by atoms with Gasteiger partial charge in [0.1, 0.15) is 11.4 Å². The number of rotatable bonds is 2. The van der Waals surface area contributed by atoms with Crippen molar-refractivity contribution in [1.29, 1.82) is 0 Å². The molecule has 1 unspecified atom stereocenters. The molecular formula is C15H14BrClN2O2. The van der Waals surface area contributed by atoms with Crippen LogP contribution in [0.3, 0.4) is 0 Å². The van der Waals surface area contributed by atoms with Gasteiger partial charge in [-0.25, -0.2) is 9.97 Å². The highest BCUT2D eigenvalue weighted by molar-refractivity contribution is 9.10. The Morgan fingerprint density at radius 2 is 2.00 bits per heavy atom. The quantitative estimate of drug-likeness (QED) is 0.761. The smallest absolute Gasteiger partial charge is 0.195 e. The molecule has 6 heteroatoms. The molecule has 0 amide bonds. The first-order valence-electron chi connectivity index (χ1n) is 6.37. The molecule has 1 atom stereocenters. The first-order chi connectivity index (χ1) is 9.69. The first-order valence-corrected chi connectivity index (χ1v) is 7.29. The fourth-order valence-corrected chi connectivity index (χ4v) is 2.69. The number of aryl methyl sites for hydroxylation is 1. The summed E-state index contributed by atoms with van der Waals surface area (Å²) in [5.74, 6) is 1.40. The number of benzene rings is 1. The lowest BCUT2D eigenvalue weighted by Crippen LogP contribution is -2.24. The predicted octanol–water partition coefficient (Wildman–Crippen LogP) is 3.47. The molecule has 0 spiro atoms. The molecule has 3 rings (SSSR count). The van der Waals surface area contributed by atoms with Crippen LogP contribution in [0, 0.1) is 0 Å². The summed E-state index contributed by atoms with van der Waals surface area (Å²) in [6.07, 6.45) is 3.40. The zero-order valence-corrected chi connectivity index (χ0v) is 13.8. The summed E-state index contributed by atoms with van der Waals surface area (Å²) in [4.78, 5) is 20.8. The van der Waals surface area contributed by atoms with E-state index in [1.807, 2.05) is 24.3 Å². The highest BCUT2D eigenvalue weighted by Crippen LogP contribution is 2.26.